The molecule has 21 heavy (non-hydrogen) atoms. The van der Waals surface area contributed by atoms with E-state index in [4.69, 9.17) is 10.5 Å². The Morgan fingerprint density at radius 1 is 1.48 bits per heavy atom. The van der Waals surface area contributed by atoms with E-state index in [-0.39, 0.29) is 18.3 Å². The third kappa shape index (κ3) is 5.19. The Morgan fingerprint density at radius 2 is 2.24 bits per heavy atom. The lowest BCUT2D eigenvalue weighted by Crippen LogP contribution is -2.42. The maximum atomic E-state index is 12.1. The van der Waals surface area contributed by atoms with Crippen LogP contribution >= 0.6 is 12.4 Å². The van der Waals surface area contributed by atoms with Crippen LogP contribution in [0.25, 0.3) is 0 Å². The Hall–Kier alpha value is -1.30. The number of ether oxygens (including phenoxy) is 1. The van der Waals surface area contributed by atoms with Gasteiger partial charge in [-0.3, -0.25) is 9.69 Å². The molecule has 1 amide bonds. The standard InChI is InChI=1S/C15H23N3O2.ClH/c1-20-14-7-3-2-6-13(14)17-15(19)11-18-8-4-5-12(9-16)10-18;/h2-3,6-7,12H,4-5,8-11,16H2,1H3,(H,17,19);1H. The first kappa shape index (κ1) is 17.8. The molecule has 0 spiro atoms. The number of hydrogen-bond acceptors (Lipinski definition) is 4. The highest BCUT2D eigenvalue weighted by atomic mass is 35.5. The minimum Gasteiger partial charge on any atom is -0.495 e. The molecular weight excluding hydrogens is 290 g/mol. The second kappa shape index (κ2) is 8.87. The van der Waals surface area contributed by atoms with Crippen LogP contribution in [-0.2, 0) is 4.79 Å². The maximum Gasteiger partial charge on any atom is 0.238 e. The van der Waals surface area contributed by atoms with E-state index in [0.717, 1.165) is 19.5 Å². The maximum absolute atomic E-state index is 12.1. The zero-order valence-electron chi connectivity index (χ0n) is 12.4. The van der Waals surface area contributed by atoms with Gasteiger partial charge in [-0.2, -0.15) is 0 Å². The molecule has 3 N–H and O–H groups in total. The van der Waals surface area contributed by atoms with Crippen LogP contribution in [0.1, 0.15) is 12.8 Å². The van der Waals surface area contributed by atoms with Crippen molar-refractivity contribution < 1.29 is 9.53 Å². The number of amides is 1. The highest BCUT2D eigenvalue weighted by Gasteiger charge is 2.20. The Bertz CT molecular complexity index is 456. The Morgan fingerprint density at radius 3 is 2.95 bits per heavy atom. The molecule has 0 bridgehead atoms. The van der Waals surface area contributed by atoms with E-state index in [1.54, 1.807) is 7.11 Å². The summed E-state index contributed by atoms with van der Waals surface area (Å²) in [7, 11) is 1.60. The summed E-state index contributed by atoms with van der Waals surface area (Å²) in [5, 5.41) is 2.90. The molecule has 1 fully saturated rings. The van der Waals surface area contributed by atoms with Crippen LogP contribution in [0.3, 0.4) is 0 Å². The molecule has 1 atom stereocenters. The average Bonchev–Trinajstić information content (AvgIpc) is 2.48. The first-order chi connectivity index (χ1) is 9.72. The van der Waals surface area contributed by atoms with Crippen LogP contribution in [0.2, 0.25) is 0 Å². The fraction of sp³-hybridized carbons (Fsp3) is 0.533. The van der Waals surface area contributed by atoms with E-state index in [9.17, 15) is 4.79 Å². The number of nitrogens with one attached hydrogen (secondary N) is 1. The van der Waals surface area contributed by atoms with Crippen molar-refractivity contribution in [2.75, 3.05) is 38.6 Å². The molecule has 118 valence electrons. The van der Waals surface area contributed by atoms with E-state index in [2.05, 4.69) is 10.2 Å². The van der Waals surface area contributed by atoms with Gasteiger partial charge >= 0.3 is 0 Å². The summed E-state index contributed by atoms with van der Waals surface area (Å²) in [5.74, 6) is 1.19. The smallest absolute Gasteiger partial charge is 0.238 e. The number of carbonyl (C=O) groups is 1. The number of nitrogens with two attached hydrogens (primary N) is 1. The molecule has 0 aromatic heterocycles. The van der Waals surface area contributed by atoms with E-state index in [0.29, 0.717) is 30.4 Å². The van der Waals surface area contributed by atoms with Crippen molar-refractivity contribution in [2.24, 2.45) is 11.7 Å². The monoisotopic (exact) mass is 313 g/mol. The van der Waals surface area contributed by atoms with Crippen molar-refractivity contribution in [2.45, 2.75) is 12.8 Å². The number of piperidine rings is 1. The molecule has 1 aliphatic heterocycles. The number of carbonyl (C=O) groups excluding carboxylic acids is 1. The molecule has 1 aromatic carbocycles. The predicted octanol–water partition coefficient (Wildman–Crippen LogP) is 1.73. The van der Waals surface area contributed by atoms with Crippen molar-refractivity contribution in [3.05, 3.63) is 24.3 Å². The van der Waals surface area contributed by atoms with Gasteiger partial charge in [0.15, 0.2) is 0 Å². The van der Waals surface area contributed by atoms with Gasteiger partial charge in [0.2, 0.25) is 5.91 Å². The summed E-state index contributed by atoms with van der Waals surface area (Å²) >= 11 is 0. The quantitative estimate of drug-likeness (QED) is 0.868. The summed E-state index contributed by atoms with van der Waals surface area (Å²) in [4.78, 5) is 14.3. The normalized spacial score (nSPS) is 18.7. The Balaban J connectivity index is 0.00000220. The van der Waals surface area contributed by atoms with E-state index >= 15 is 0 Å². The SMILES string of the molecule is COc1ccccc1NC(=O)CN1CCCC(CN)C1.Cl. The van der Waals surface area contributed by atoms with Gasteiger partial charge in [0.25, 0.3) is 0 Å². The second-order valence-electron chi connectivity index (χ2n) is 5.23. The molecule has 1 saturated heterocycles. The van der Waals surface area contributed by atoms with Crippen LogP contribution in [0, 0.1) is 5.92 Å². The van der Waals surface area contributed by atoms with Crippen molar-refractivity contribution in [1.29, 1.82) is 0 Å². The summed E-state index contributed by atoms with van der Waals surface area (Å²) < 4.78 is 5.23. The molecule has 1 unspecified atom stereocenters. The summed E-state index contributed by atoms with van der Waals surface area (Å²) in [5.41, 5.74) is 6.43. The molecular formula is C15H24ClN3O2. The minimum atomic E-state index is -0.00725. The van der Waals surface area contributed by atoms with Gasteiger partial charge in [-0.1, -0.05) is 12.1 Å². The third-order valence-electron chi connectivity index (χ3n) is 3.68. The number of anilines is 1. The van der Waals surface area contributed by atoms with Crippen molar-refractivity contribution >= 4 is 24.0 Å². The Kier molecular flexibility index (Phi) is 7.50. The van der Waals surface area contributed by atoms with Crippen LogP contribution in [0.5, 0.6) is 5.75 Å². The fourth-order valence-electron chi connectivity index (χ4n) is 2.63. The third-order valence-corrected chi connectivity index (χ3v) is 3.68. The second-order valence-corrected chi connectivity index (χ2v) is 5.23. The molecule has 6 heteroatoms. The number of nitrogens with zero attached hydrogens (tertiary/aromatic N) is 1. The van der Waals surface area contributed by atoms with E-state index < -0.39 is 0 Å². The highest BCUT2D eigenvalue weighted by Crippen LogP contribution is 2.23. The predicted molar refractivity (Wildman–Crippen MR) is 87.1 cm³/mol. The molecule has 0 radical (unpaired) electrons. The lowest BCUT2D eigenvalue weighted by atomic mass is 9.98. The fourth-order valence-corrected chi connectivity index (χ4v) is 2.63. The number of hydrogen-bond donors (Lipinski definition) is 2. The number of halogens is 1. The molecule has 0 aliphatic carbocycles. The van der Waals surface area contributed by atoms with E-state index in [1.165, 1.54) is 6.42 Å². The van der Waals surface area contributed by atoms with Crippen molar-refractivity contribution in [3.8, 4) is 5.75 Å². The van der Waals surface area contributed by atoms with Crippen LogP contribution in [-0.4, -0.2) is 44.1 Å². The van der Waals surface area contributed by atoms with Crippen LogP contribution in [0.4, 0.5) is 5.69 Å². The molecule has 0 saturated carbocycles. The van der Waals surface area contributed by atoms with Crippen molar-refractivity contribution in [3.63, 3.8) is 0 Å². The lowest BCUT2D eigenvalue weighted by molar-refractivity contribution is -0.117. The minimum absolute atomic E-state index is 0. The van der Waals surface area contributed by atoms with Crippen LogP contribution < -0.4 is 15.8 Å². The zero-order chi connectivity index (χ0) is 14.4. The number of para-hydroxylation sites is 2. The van der Waals surface area contributed by atoms with E-state index in [1.807, 2.05) is 24.3 Å². The van der Waals surface area contributed by atoms with Gasteiger partial charge < -0.3 is 15.8 Å². The number of methoxy groups -OCH3 is 1. The highest BCUT2D eigenvalue weighted by molar-refractivity contribution is 5.93. The largest absolute Gasteiger partial charge is 0.495 e. The van der Waals surface area contributed by atoms with Gasteiger partial charge in [-0.25, -0.2) is 0 Å². The van der Waals surface area contributed by atoms with Gasteiger partial charge in [-0.15, -0.1) is 12.4 Å². The molecule has 1 aromatic rings. The number of benzene rings is 1. The average molecular weight is 314 g/mol. The summed E-state index contributed by atoms with van der Waals surface area (Å²) in [6.45, 7) is 2.99. The molecule has 1 heterocycles. The van der Waals surface area contributed by atoms with Gasteiger partial charge in [0.1, 0.15) is 5.75 Å². The topological polar surface area (TPSA) is 67.6 Å². The molecule has 2 rings (SSSR count). The zero-order valence-corrected chi connectivity index (χ0v) is 13.2. The van der Waals surface area contributed by atoms with Gasteiger partial charge in [-0.05, 0) is 44.0 Å². The van der Waals surface area contributed by atoms with Crippen molar-refractivity contribution in [1.82, 2.24) is 4.90 Å². The first-order valence-electron chi connectivity index (χ1n) is 7.08. The van der Waals surface area contributed by atoms with Gasteiger partial charge in [0.05, 0.1) is 19.3 Å². The molecule has 1 aliphatic rings. The lowest BCUT2D eigenvalue weighted by Gasteiger charge is -2.31. The summed E-state index contributed by atoms with van der Waals surface area (Å²) in [6, 6.07) is 7.44. The Labute approximate surface area is 132 Å². The summed E-state index contributed by atoms with van der Waals surface area (Å²) in [6.07, 6.45) is 2.28. The molecule has 5 nitrogen and oxygen atoms in total. The van der Waals surface area contributed by atoms with Crippen LogP contribution in [0.15, 0.2) is 24.3 Å². The number of rotatable bonds is 5. The first-order valence-corrected chi connectivity index (χ1v) is 7.08. The number of likely N-dealkylation sites (tertiary alicyclic amines) is 1. The van der Waals surface area contributed by atoms with Gasteiger partial charge in [0, 0.05) is 6.54 Å².